The second-order valence-electron chi connectivity index (χ2n) is 7.89. The van der Waals surface area contributed by atoms with Crippen molar-refractivity contribution in [3.63, 3.8) is 0 Å². The summed E-state index contributed by atoms with van der Waals surface area (Å²) in [5.74, 6) is -4.83. The summed E-state index contributed by atoms with van der Waals surface area (Å²) in [6.45, 7) is 3.73. The molecule has 2 aromatic carbocycles. The summed E-state index contributed by atoms with van der Waals surface area (Å²) in [5.41, 5.74) is -0.0417. The van der Waals surface area contributed by atoms with E-state index in [-0.39, 0.29) is 22.9 Å². The molecule has 3 aromatic rings. The van der Waals surface area contributed by atoms with Crippen LogP contribution in [0.1, 0.15) is 45.7 Å². The molecule has 0 aliphatic heterocycles. The number of amides is 2. The van der Waals surface area contributed by atoms with Gasteiger partial charge in [0.1, 0.15) is 10.7 Å². The largest absolute Gasteiger partial charge is 0.493 e. The molecule has 2 amide bonds. The number of halogens is 3. The highest BCUT2D eigenvalue weighted by molar-refractivity contribution is 7.10. The number of hydrogen-bond acceptors (Lipinski definition) is 7. The number of carbonyl (C=O) groups is 2. The van der Waals surface area contributed by atoms with Crippen LogP contribution >= 0.6 is 11.3 Å². The van der Waals surface area contributed by atoms with E-state index in [4.69, 9.17) is 14.2 Å². The Morgan fingerprint density at radius 3 is 2.00 bits per heavy atom. The number of ether oxygens (including phenoxy) is 3. The van der Waals surface area contributed by atoms with Crippen LogP contribution in [0.25, 0.3) is 0 Å². The molecule has 0 bridgehead atoms. The molecule has 0 spiro atoms. The van der Waals surface area contributed by atoms with Gasteiger partial charge in [0.15, 0.2) is 29.0 Å². The van der Waals surface area contributed by atoms with E-state index in [2.05, 4.69) is 15.6 Å². The third kappa shape index (κ3) is 5.70. The Morgan fingerprint density at radius 1 is 0.917 bits per heavy atom. The number of carbonyl (C=O) groups excluding carboxylic acids is 2. The molecule has 1 unspecified atom stereocenters. The summed E-state index contributed by atoms with van der Waals surface area (Å²) in [6, 6.07) is 3.78. The van der Waals surface area contributed by atoms with Gasteiger partial charge in [0, 0.05) is 28.8 Å². The summed E-state index contributed by atoms with van der Waals surface area (Å²) < 4.78 is 55.9. The Balaban J connectivity index is 1.81. The average Bonchev–Trinajstić information content (AvgIpc) is 3.34. The van der Waals surface area contributed by atoms with Crippen LogP contribution in [-0.2, 0) is 0 Å². The first-order chi connectivity index (χ1) is 17.1. The van der Waals surface area contributed by atoms with Crippen LogP contribution in [0.3, 0.4) is 0 Å². The normalized spacial score (nSPS) is 11.7. The van der Waals surface area contributed by atoms with Gasteiger partial charge in [-0.2, -0.15) is 0 Å². The van der Waals surface area contributed by atoms with E-state index < -0.39 is 35.3 Å². The van der Waals surface area contributed by atoms with Gasteiger partial charge in [-0.25, -0.2) is 18.2 Å². The van der Waals surface area contributed by atoms with Gasteiger partial charge in [-0.3, -0.25) is 9.59 Å². The van der Waals surface area contributed by atoms with Crippen LogP contribution in [0.15, 0.2) is 29.6 Å². The van der Waals surface area contributed by atoms with Gasteiger partial charge >= 0.3 is 0 Å². The summed E-state index contributed by atoms with van der Waals surface area (Å²) in [5, 5.41) is 7.06. The van der Waals surface area contributed by atoms with Crippen molar-refractivity contribution in [2.75, 3.05) is 26.6 Å². The summed E-state index contributed by atoms with van der Waals surface area (Å²) in [4.78, 5) is 29.9. The number of thiazole rings is 1. The van der Waals surface area contributed by atoms with Crippen molar-refractivity contribution < 1.29 is 37.0 Å². The zero-order chi connectivity index (χ0) is 26.6. The van der Waals surface area contributed by atoms with E-state index in [1.165, 1.54) is 38.8 Å². The molecule has 1 heterocycles. The maximum atomic E-state index is 13.4. The minimum atomic E-state index is -1.63. The van der Waals surface area contributed by atoms with Gasteiger partial charge in [0.05, 0.1) is 27.4 Å². The number of benzene rings is 2. The third-order valence-corrected chi connectivity index (χ3v) is 6.07. The lowest BCUT2D eigenvalue weighted by molar-refractivity contribution is 0.0924. The molecule has 0 fully saturated rings. The van der Waals surface area contributed by atoms with E-state index in [0.717, 1.165) is 11.3 Å². The van der Waals surface area contributed by atoms with Crippen molar-refractivity contribution in [1.82, 2.24) is 10.3 Å². The highest BCUT2D eigenvalue weighted by Gasteiger charge is 2.25. The number of anilines is 1. The van der Waals surface area contributed by atoms with Crippen LogP contribution in [0, 0.1) is 23.4 Å². The van der Waals surface area contributed by atoms with Crippen molar-refractivity contribution in [2.45, 2.75) is 19.9 Å². The van der Waals surface area contributed by atoms with Crippen molar-refractivity contribution >= 4 is 28.8 Å². The molecule has 3 rings (SSSR count). The van der Waals surface area contributed by atoms with Gasteiger partial charge < -0.3 is 24.8 Å². The van der Waals surface area contributed by atoms with Gasteiger partial charge in [-0.1, -0.05) is 13.8 Å². The molecule has 12 heteroatoms. The van der Waals surface area contributed by atoms with Crippen molar-refractivity contribution in [2.24, 2.45) is 5.92 Å². The topological polar surface area (TPSA) is 98.8 Å². The third-order valence-electron chi connectivity index (χ3n) is 5.14. The first-order valence-corrected chi connectivity index (χ1v) is 11.5. The highest BCUT2D eigenvalue weighted by Crippen LogP contribution is 2.38. The first kappa shape index (κ1) is 26.8. The summed E-state index contributed by atoms with van der Waals surface area (Å²) in [6.07, 6.45) is 0. The SMILES string of the molecule is COc1cc(C(=O)NC(c2nc(C(=O)Nc3cc(F)c(F)c(F)c3)cs2)C(C)C)cc(OC)c1OC. The maximum Gasteiger partial charge on any atom is 0.275 e. The molecule has 0 radical (unpaired) electrons. The first-order valence-electron chi connectivity index (χ1n) is 10.6. The lowest BCUT2D eigenvalue weighted by Gasteiger charge is -2.21. The van der Waals surface area contributed by atoms with Crippen LogP contribution in [-0.4, -0.2) is 38.1 Å². The number of hydrogen-bond donors (Lipinski definition) is 2. The van der Waals surface area contributed by atoms with Crippen molar-refractivity contribution in [3.05, 3.63) is 63.4 Å². The molecule has 192 valence electrons. The number of nitrogens with zero attached hydrogens (tertiary/aromatic N) is 1. The van der Waals surface area contributed by atoms with Gasteiger partial charge in [0.2, 0.25) is 5.75 Å². The fraction of sp³-hybridized carbons (Fsp3) is 0.292. The molecule has 0 aliphatic rings. The van der Waals surface area contributed by atoms with E-state index in [1.54, 1.807) is 0 Å². The standard InChI is InChI=1S/C24H24F3N3O5S/c1-11(2)20(30-22(31)12-6-17(33-3)21(35-5)18(7-12)34-4)24-29-16(10-36-24)23(32)28-13-8-14(25)19(27)15(26)9-13/h6-11,20H,1-5H3,(H,28,32)(H,30,31). The van der Waals surface area contributed by atoms with Gasteiger partial charge in [-0.15, -0.1) is 11.3 Å². The lowest BCUT2D eigenvalue weighted by atomic mass is 10.0. The molecule has 0 saturated carbocycles. The minimum absolute atomic E-state index is 0.0344. The smallest absolute Gasteiger partial charge is 0.275 e. The second-order valence-corrected chi connectivity index (χ2v) is 8.78. The Labute approximate surface area is 209 Å². The van der Waals surface area contributed by atoms with E-state index in [9.17, 15) is 22.8 Å². The molecular weight excluding hydrogens is 499 g/mol. The van der Waals surface area contributed by atoms with Crippen molar-refractivity contribution in [3.8, 4) is 17.2 Å². The van der Waals surface area contributed by atoms with E-state index in [1.807, 2.05) is 13.8 Å². The molecule has 2 N–H and O–H groups in total. The van der Waals surface area contributed by atoms with Crippen LogP contribution < -0.4 is 24.8 Å². The molecule has 8 nitrogen and oxygen atoms in total. The number of nitrogens with one attached hydrogen (secondary N) is 2. The zero-order valence-corrected chi connectivity index (χ0v) is 20.9. The van der Waals surface area contributed by atoms with E-state index in [0.29, 0.717) is 34.4 Å². The quantitative estimate of drug-likeness (QED) is 0.385. The average molecular weight is 524 g/mol. The predicted molar refractivity (Wildman–Crippen MR) is 128 cm³/mol. The fourth-order valence-electron chi connectivity index (χ4n) is 3.31. The Hall–Kier alpha value is -3.80. The Kier molecular flexibility index (Phi) is 8.41. The molecule has 1 atom stereocenters. The number of rotatable bonds is 9. The number of aromatic nitrogens is 1. The fourth-order valence-corrected chi connectivity index (χ4v) is 4.33. The lowest BCUT2D eigenvalue weighted by Crippen LogP contribution is -2.32. The molecule has 0 saturated heterocycles. The molecule has 0 aliphatic carbocycles. The summed E-state index contributed by atoms with van der Waals surface area (Å²) >= 11 is 1.13. The monoisotopic (exact) mass is 523 g/mol. The predicted octanol–water partition coefficient (Wildman–Crippen LogP) is 4.97. The molecule has 1 aromatic heterocycles. The Bertz CT molecular complexity index is 1230. The number of methoxy groups -OCH3 is 3. The van der Waals surface area contributed by atoms with E-state index >= 15 is 0 Å². The van der Waals surface area contributed by atoms with Gasteiger partial charge in [-0.05, 0) is 18.1 Å². The van der Waals surface area contributed by atoms with Gasteiger partial charge in [0.25, 0.3) is 11.8 Å². The zero-order valence-electron chi connectivity index (χ0n) is 20.1. The van der Waals surface area contributed by atoms with Crippen LogP contribution in [0.5, 0.6) is 17.2 Å². The summed E-state index contributed by atoms with van der Waals surface area (Å²) in [7, 11) is 4.33. The molecular formula is C24H24F3N3O5S. The van der Waals surface area contributed by atoms with Crippen LogP contribution in [0.4, 0.5) is 18.9 Å². The van der Waals surface area contributed by atoms with Crippen molar-refractivity contribution in [1.29, 1.82) is 0 Å². The highest BCUT2D eigenvalue weighted by atomic mass is 32.1. The molecule has 36 heavy (non-hydrogen) atoms. The maximum absolute atomic E-state index is 13.4. The van der Waals surface area contributed by atoms with Crippen LogP contribution in [0.2, 0.25) is 0 Å². The second kappa shape index (κ2) is 11.3. The Morgan fingerprint density at radius 2 is 1.50 bits per heavy atom. The minimum Gasteiger partial charge on any atom is -0.493 e.